The number of nitrogens with two attached hydrogens (primary N) is 1. The topological polar surface area (TPSA) is 38.9 Å². The van der Waals surface area contributed by atoms with Crippen molar-refractivity contribution < 1.29 is 0 Å². The molecule has 1 aliphatic rings. The van der Waals surface area contributed by atoms with Crippen molar-refractivity contribution in [3.63, 3.8) is 0 Å². The maximum atomic E-state index is 5.63. The summed E-state index contributed by atoms with van der Waals surface area (Å²) in [5.41, 5.74) is 5.63. The van der Waals surface area contributed by atoms with Crippen LogP contribution in [-0.4, -0.2) is 21.2 Å². The number of rotatable bonds is 1. The molecule has 1 fully saturated rings. The highest BCUT2D eigenvalue weighted by atomic mass is 32.2. The molecule has 5 heteroatoms. The average Bonchev–Trinajstić information content (AvgIpc) is 2.57. The summed E-state index contributed by atoms with van der Waals surface area (Å²) in [7, 11) is 0. The molecule has 2 nitrogen and oxygen atoms in total. The van der Waals surface area contributed by atoms with Gasteiger partial charge in [0.15, 0.2) is 0 Å². The lowest BCUT2D eigenvalue weighted by atomic mass is 10.4. The van der Waals surface area contributed by atoms with Crippen LogP contribution in [0.25, 0.3) is 0 Å². The average molecular weight is 246 g/mol. The third-order valence-electron chi connectivity index (χ3n) is 2.37. The van der Waals surface area contributed by atoms with E-state index in [0.29, 0.717) is 16.3 Å². The van der Waals surface area contributed by atoms with Gasteiger partial charge in [-0.15, -0.1) is 23.1 Å². The van der Waals surface area contributed by atoms with Crippen molar-refractivity contribution in [2.45, 2.75) is 29.6 Å². The Labute approximate surface area is 97.1 Å². The second-order valence-corrected chi connectivity index (χ2v) is 7.36. The summed E-state index contributed by atoms with van der Waals surface area (Å²) in [6, 6.07) is 0. The maximum absolute atomic E-state index is 5.63. The van der Waals surface area contributed by atoms with E-state index in [4.69, 9.17) is 5.73 Å². The Hall–Kier alpha value is 0.130. The first-order valence-electron chi connectivity index (χ1n) is 4.65. The van der Waals surface area contributed by atoms with E-state index in [9.17, 15) is 0 Å². The molecule has 0 bridgehead atoms. The number of nitrogens with zero attached hydrogens (tertiary/aromatic N) is 1. The molecule has 1 aromatic heterocycles. The first-order valence-corrected chi connectivity index (χ1v) is 7.52. The van der Waals surface area contributed by atoms with Crippen LogP contribution in [0.15, 0.2) is 5.38 Å². The lowest BCUT2D eigenvalue weighted by Crippen LogP contribution is -2.21. The smallest absolute Gasteiger partial charge is 0.134 e. The van der Waals surface area contributed by atoms with E-state index in [2.05, 4.69) is 18.8 Å². The Balaban J connectivity index is 2.06. The third kappa shape index (κ3) is 2.20. The number of thiazole rings is 1. The van der Waals surface area contributed by atoms with Gasteiger partial charge in [-0.2, -0.15) is 11.8 Å². The van der Waals surface area contributed by atoms with Crippen molar-refractivity contribution in [2.24, 2.45) is 0 Å². The number of hydrogen-bond acceptors (Lipinski definition) is 5. The molecule has 14 heavy (non-hydrogen) atoms. The number of hydrogen-bond donors (Lipinski definition) is 1. The highest BCUT2D eigenvalue weighted by molar-refractivity contribution is 8.07. The van der Waals surface area contributed by atoms with Gasteiger partial charge < -0.3 is 5.73 Å². The van der Waals surface area contributed by atoms with Crippen molar-refractivity contribution >= 4 is 40.7 Å². The highest BCUT2D eigenvalue weighted by Gasteiger charge is 2.28. The summed E-state index contributed by atoms with van der Waals surface area (Å²) in [4.78, 5) is 4.36. The van der Waals surface area contributed by atoms with Crippen molar-refractivity contribution in [1.29, 1.82) is 0 Å². The van der Waals surface area contributed by atoms with Crippen molar-refractivity contribution in [1.82, 2.24) is 4.98 Å². The molecule has 2 heterocycles. The molecular formula is C9H14N2S3. The molecular weight excluding hydrogens is 232 g/mol. The second kappa shape index (κ2) is 4.33. The molecule has 2 rings (SSSR count). The number of nitrogen functional groups attached to an aromatic ring is 1. The van der Waals surface area contributed by atoms with Gasteiger partial charge in [-0.3, -0.25) is 0 Å². The monoisotopic (exact) mass is 246 g/mol. The zero-order valence-corrected chi connectivity index (χ0v) is 10.7. The molecule has 3 atom stereocenters. The molecule has 1 aliphatic heterocycles. The predicted molar refractivity (Wildman–Crippen MR) is 68.2 cm³/mol. The van der Waals surface area contributed by atoms with Crippen LogP contribution >= 0.6 is 34.9 Å². The normalized spacial score (nSPS) is 33.1. The highest BCUT2D eigenvalue weighted by Crippen LogP contribution is 2.45. The van der Waals surface area contributed by atoms with E-state index < -0.39 is 0 Å². The molecule has 3 unspecified atom stereocenters. The van der Waals surface area contributed by atoms with Gasteiger partial charge in [0.2, 0.25) is 0 Å². The van der Waals surface area contributed by atoms with E-state index >= 15 is 0 Å². The summed E-state index contributed by atoms with van der Waals surface area (Å²) < 4.78 is 0. The van der Waals surface area contributed by atoms with Crippen molar-refractivity contribution in [3.05, 3.63) is 10.4 Å². The first-order chi connectivity index (χ1) is 6.66. The van der Waals surface area contributed by atoms with Gasteiger partial charge in [-0.1, -0.05) is 13.8 Å². The van der Waals surface area contributed by atoms with Crippen LogP contribution in [0, 0.1) is 0 Å². The minimum atomic E-state index is 0.550. The number of thioether (sulfide) groups is 2. The summed E-state index contributed by atoms with van der Waals surface area (Å²) >= 11 is 5.76. The van der Waals surface area contributed by atoms with E-state index in [0.717, 1.165) is 5.25 Å². The minimum absolute atomic E-state index is 0.550. The van der Waals surface area contributed by atoms with Crippen LogP contribution in [0.2, 0.25) is 0 Å². The standard InChI is InChI=1S/C9H14N2S3/c1-5-6(2)14-7(3-12-5)9-11-8(10)4-13-9/h4-7H,3,10H2,1-2H3. The minimum Gasteiger partial charge on any atom is -0.383 e. The Morgan fingerprint density at radius 3 is 2.79 bits per heavy atom. The van der Waals surface area contributed by atoms with Crippen LogP contribution in [0.3, 0.4) is 0 Å². The van der Waals surface area contributed by atoms with Gasteiger partial charge in [0.1, 0.15) is 10.8 Å². The number of anilines is 1. The van der Waals surface area contributed by atoms with E-state index in [1.807, 2.05) is 28.9 Å². The Morgan fingerprint density at radius 1 is 1.43 bits per heavy atom. The van der Waals surface area contributed by atoms with Crippen LogP contribution in [0.4, 0.5) is 5.82 Å². The molecule has 0 spiro atoms. The molecule has 2 N–H and O–H groups in total. The lowest BCUT2D eigenvalue weighted by molar-refractivity contribution is 0.891. The maximum Gasteiger partial charge on any atom is 0.134 e. The van der Waals surface area contributed by atoms with Crippen molar-refractivity contribution in [2.75, 3.05) is 11.5 Å². The zero-order valence-electron chi connectivity index (χ0n) is 8.27. The summed E-state index contributed by atoms with van der Waals surface area (Å²) in [6.45, 7) is 4.60. The van der Waals surface area contributed by atoms with Crippen LogP contribution in [-0.2, 0) is 0 Å². The third-order valence-corrected chi connectivity index (χ3v) is 6.89. The van der Waals surface area contributed by atoms with Gasteiger partial charge >= 0.3 is 0 Å². The van der Waals surface area contributed by atoms with E-state index in [1.165, 1.54) is 10.8 Å². The van der Waals surface area contributed by atoms with Gasteiger partial charge in [-0.05, 0) is 0 Å². The van der Waals surface area contributed by atoms with Crippen LogP contribution < -0.4 is 5.73 Å². The summed E-state index contributed by atoms with van der Waals surface area (Å²) in [5.74, 6) is 1.84. The molecule has 0 radical (unpaired) electrons. The molecule has 78 valence electrons. The van der Waals surface area contributed by atoms with Gasteiger partial charge in [0.25, 0.3) is 0 Å². The Kier molecular flexibility index (Phi) is 3.29. The van der Waals surface area contributed by atoms with E-state index in [-0.39, 0.29) is 0 Å². The second-order valence-electron chi connectivity index (χ2n) is 3.48. The quantitative estimate of drug-likeness (QED) is 0.827. The van der Waals surface area contributed by atoms with Crippen LogP contribution in [0.5, 0.6) is 0 Å². The van der Waals surface area contributed by atoms with Gasteiger partial charge in [0.05, 0.1) is 5.25 Å². The molecule has 1 saturated heterocycles. The summed E-state index contributed by atoms with van der Waals surface area (Å²) in [5, 5.41) is 5.15. The molecule has 0 aliphatic carbocycles. The van der Waals surface area contributed by atoms with Gasteiger partial charge in [0, 0.05) is 21.6 Å². The van der Waals surface area contributed by atoms with Gasteiger partial charge in [-0.25, -0.2) is 4.98 Å². The number of aromatic nitrogens is 1. The largest absolute Gasteiger partial charge is 0.383 e. The lowest BCUT2D eigenvalue weighted by Gasteiger charge is -2.29. The predicted octanol–water partition coefficient (Wildman–Crippen LogP) is 3.02. The van der Waals surface area contributed by atoms with Crippen molar-refractivity contribution in [3.8, 4) is 0 Å². The first kappa shape index (κ1) is 10.6. The zero-order chi connectivity index (χ0) is 10.1. The Morgan fingerprint density at radius 2 is 2.21 bits per heavy atom. The fourth-order valence-corrected chi connectivity index (χ4v) is 5.28. The van der Waals surface area contributed by atoms with Crippen LogP contribution in [0.1, 0.15) is 24.1 Å². The molecule has 1 aromatic rings. The fraction of sp³-hybridized carbons (Fsp3) is 0.667. The molecule has 0 saturated carbocycles. The Bertz CT molecular complexity index is 313. The fourth-order valence-electron chi connectivity index (χ4n) is 1.36. The van der Waals surface area contributed by atoms with E-state index in [1.54, 1.807) is 11.3 Å². The molecule has 0 amide bonds. The SMILES string of the molecule is CC1SCC(c2nc(N)cs2)SC1C. The molecule has 0 aromatic carbocycles. The summed E-state index contributed by atoms with van der Waals surface area (Å²) in [6.07, 6.45) is 0.